The zero-order chi connectivity index (χ0) is 30.4. The Morgan fingerprint density at radius 3 is 1.58 bits per heavy atom. The van der Waals surface area contributed by atoms with Gasteiger partial charge in [-0.25, -0.2) is 9.97 Å². The fourth-order valence-electron chi connectivity index (χ4n) is 6.68. The number of fused-ring (bicyclic) bond motifs is 3. The van der Waals surface area contributed by atoms with Gasteiger partial charge in [-0.1, -0.05) is 153 Å². The van der Waals surface area contributed by atoms with Gasteiger partial charge in [0.05, 0.1) is 11.4 Å². The van der Waals surface area contributed by atoms with E-state index in [2.05, 4.69) is 135 Å². The molecule has 0 aliphatic heterocycles. The van der Waals surface area contributed by atoms with Crippen molar-refractivity contribution in [2.24, 2.45) is 0 Å². The van der Waals surface area contributed by atoms with Crippen LogP contribution in [0.5, 0.6) is 0 Å². The second-order valence-electron chi connectivity index (χ2n) is 12.3. The van der Waals surface area contributed by atoms with Crippen molar-refractivity contribution in [3.05, 3.63) is 169 Å². The first-order valence-corrected chi connectivity index (χ1v) is 15.5. The molecule has 6 aromatic carbocycles. The Balaban J connectivity index is 1.14. The van der Waals surface area contributed by atoms with Crippen LogP contribution in [0.25, 0.3) is 67.3 Å². The molecule has 1 aliphatic carbocycles. The Morgan fingerprint density at radius 1 is 0.356 bits per heavy atom. The summed E-state index contributed by atoms with van der Waals surface area (Å²) in [5, 5.41) is 0. The van der Waals surface area contributed by atoms with Gasteiger partial charge in [0.15, 0.2) is 5.82 Å². The molecule has 0 amide bonds. The van der Waals surface area contributed by atoms with Crippen LogP contribution in [-0.4, -0.2) is 9.97 Å². The molecule has 0 saturated carbocycles. The summed E-state index contributed by atoms with van der Waals surface area (Å²) >= 11 is 0. The lowest BCUT2D eigenvalue weighted by Crippen LogP contribution is -2.14. The smallest absolute Gasteiger partial charge is 0.160 e. The number of nitrogens with zero attached hydrogens (tertiary/aromatic N) is 2. The Bertz CT molecular complexity index is 2100. The van der Waals surface area contributed by atoms with Crippen LogP contribution in [-0.2, 0) is 5.41 Å². The highest BCUT2D eigenvalue weighted by Gasteiger charge is 2.35. The molecule has 2 nitrogen and oxygen atoms in total. The SMILES string of the molecule is CC1(C)c2ccccc2-c2cc(-c3ccc(-c4cccc(-c5cc(-c6ccccc6)nc(-c6ccccc6)n5)c4)cc3)ccc21. The Hall–Kier alpha value is -5.60. The van der Waals surface area contributed by atoms with Gasteiger partial charge in [0.1, 0.15) is 0 Å². The first-order valence-electron chi connectivity index (χ1n) is 15.5. The molecule has 8 rings (SSSR count). The van der Waals surface area contributed by atoms with E-state index in [-0.39, 0.29) is 5.41 Å². The van der Waals surface area contributed by atoms with E-state index in [9.17, 15) is 0 Å². The molecule has 7 aromatic rings. The van der Waals surface area contributed by atoms with Crippen molar-refractivity contribution >= 4 is 0 Å². The zero-order valence-corrected chi connectivity index (χ0v) is 25.4. The van der Waals surface area contributed by atoms with Crippen molar-refractivity contribution in [2.45, 2.75) is 19.3 Å². The predicted octanol–water partition coefficient (Wildman–Crippen LogP) is 11.1. The van der Waals surface area contributed by atoms with E-state index < -0.39 is 0 Å². The molecule has 0 unspecified atom stereocenters. The highest BCUT2D eigenvalue weighted by molar-refractivity contribution is 5.85. The standard InChI is InChI=1S/C43H32N2/c1-43(2)38-19-10-9-18-36(38)37-27-34(24-25-39(37)43)30-22-20-29(21-23-30)33-16-11-17-35(26-33)41-28-40(31-12-5-3-6-13-31)44-42(45-41)32-14-7-4-8-15-32/h3-28H,1-2H3. The molecule has 0 spiro atoms. The molecule has 0 atom stereocenters. The zero-order valence-electron chi connectivity index (χ0n) is 25.4. The summed E-state index contributed by atoms with van der Waals surface area (Å²) in [5.41, 5.74) is 15.3. The number of benzene rings is 6. The van der Waals surface area contributed by atoms with E-state index in [1.807, 2.05) is 36.4 Å². The summed E-state index contributed by atoms with van der Waals surface area (Å²) in [4.78, 5) is 9.98. The average molecular weight is 577 g/mol. The Morgan fingerprint density at radius 2 is 0.867 bits per heavy atom. The summed E-state index contributed by atoms with van der Waals surface area (Å²) in [7, 11) is 0. The maximum absolute atomic E-state index is 5.03. The fourth-order valence-corrected chi connectivity index (χ4v) is 6.68. The average Bonchev–Trinajstić information content (AvgIpc) is 3.34. The monoisotopic (exact) mass is 576 g/mol. The van der Waals surface area contributed by atoms with Crippen LogP contribution < -0.4 is 0 Å². The topological polar surface area (TPSA) is 25.8 Å². The molecular formula is C43H32N2. The van der Waals surface area contributed by atoms with E-state index in [0.717, 1.165) is 39.5 Å². The molecule has 45 heavy (non-hydrogen) atoms. The lowest BCUT2D eigenvalue weighted by atomic mass is 9.82. The highest BCUT2D eigenvalue weighted by atomic mass is 14.9. The van der Waals surface area contributed by atoms with Crippen LogP contribution >= 0.6 is 0 Å². The maximum atomic E-state index is 5.03. The fraction of sp³-hybridized carbons (Fsp3) is 0.0698. The van der Waals surface area contributed by atoms with Crippen molar-refractivity contribution in [2.75, 3.05) is 0 Å². The number of aromatic nitrogens is 2. The lowest BCUT2D eigenvalue weighted by Gasteiger charge is -2.21. The molecule has 1 heterocycles. The van der Waals surface area contributed by atoms with Crippen LogP contribution in [0, 0.1) is 0 Å². The maximum Gasteiger partial charge on any atom is 0.160 e. The van der Waals surface area contributed by atoms with E-state index in [1.54, 1.807) is 0 Å². The van der Waals surface area contributed by atoms with Gasteiger partial charge in [0, 0.05) is 22.1 Å². The van der Waals surface area contributed by atoms with Crippen LogP contribution in [0.1, 0.15) is 25.0 Å². The molecule has 0 N–H and O–H groups in total. The quantitative estimate of drug-likeness (QED) is 0.204. The largest absolute Gasteiger partial charge is 0.228 e. The minimum atomic E-state index is 0.0206. The van der Waals surface area contributed by atoms with Crippen LogP contribution in [0.3, 0.4) is 0 Å². The molecule has 0 saturated heterocycles. The van der Waals surface area contributed by atoms with E-state index in [1.165, 1.54) is 38.9 Å². The number of rotatable bonds is 5. The third-order valence-electron chi connectivity index (χ3n) is 9.12. The van der Waals surface area contributed by atoms with Gasteiger partial charge in [0.2, 0.25) is 0 Å². The summed E-state index contributed by atoms with van der Waals surface area (Å²) in [5.74, 6) is 0.724. The molecule has 214 valence electrons. The van der Waals surface area contributed by atoms with Gasteiger partial charge >= 0.3 is 0 Å². The number of hydrogen-bond acceptors (Lipinski definition) is 2. The first kappa shape index (κ1) is 27.0. The minimum Gasteiger partial charge on any atom is -0.228 e. The lowest BCUT2D eigenvalue weighted by molar-refractivity contribution is 0.660. The predicted molar refractivity (Wildman–Crippen MR) is 187 cm³/mol. The molecule has 0 fully saturated rings. The minimum absolute atomic E-state index is 0.0206. The second kappa shape index (κ2) is 10.8. The third kappa shape index (κ3) is 4.85. The van der Waals surface area contributed by atoms with Crippen molar-refractivity contribution < 1.29 is 0 Å². The van der Waals surface area contributed by atoms with Gasteiger partial charge in [-0.3, -0.25) is 0 Å². The molecule has 2 heteroatoms. The third-order valence-corrected chi connectivity index (χ3v) is 9.12. The molecule has 0 bridgehead atoms. The molecule has 1 aromatic heterocycles. The van der Waals surface area contributed by atoms with Gasteiger partial charge in [-0.15, -0.1) is 0 Å². The Kier molecular flexibility index (Phi) is 6.50. The normalized spacial score (nSPS) is 12.8. The van der Waals surface area contributed by atoms with Crippen molar-refractivity contribution in [1.29, 1.82) is 0 Å². The van der Waals surface area contributed by atoms with Gasteiger partial charge in [0.25, 0.3) is 0 Å². The summed E-state index contributed by atoms with van der Waals surface area (Å²) in [6, 6.07) is 56.0. The van der Waals surface area contributed by atoms with E-state index in [4.69, 9.17) is 9.97 Å². The number of hydrogen-bond donors (Lipinski definition) is 0. The van der Waals surface area contributed by atoms with Gasteiger partial charge in [-0.2, -0.15) is 0 Å². The van der Waals surface area contributed by atoms with E-state index >= 15 is 0 Å². The second-order valence-corrected chi connectivity index (χ2v) is 12.3. The van der Waals surface area contributed by atoms with Gasteiger partial charge < -0.3 is 0 Å². The van der Waals surface area contributed by atoms with Crippen molar-refractivity contribution in [3.8, 4) is 67.3 Å². The summed E-state index contributed by atoms with van der Waals surface area (Å²) in [6.07, 6.45) is 0. The highest BCUT2D eigenvalue weighted by Crippen LogP contribution is 2.49. The Labute approximate surface area is 264 Å². The van der Waals surface area contributed by atoms with E-state index in [0.29, 0.717) is 0 Å². The van der Waals surface area contributed by atoms with Gasteiger partial charge in [-0.05, 0) is 62.7 Å². The molecule has 0 radical (unpaired) electrons. The van der Waals surface area contributed by atoms with Crippen molar-refractivity contribution in [1.82, 2.24) is 9.97 Å². The molecular weight excluding hydrogens is 544 g/mol. The van der Waals surface area contributed by atoms with Crippen LogP contribution in [0.15, 0.2) is 158 Å². The van der Waals surface area contributed by atoms with Crippen LogP contribution in [0.2, 0.25) is 0 Å². The van der Waals surface area contributed by atoms with Crippen molar-refractivity contribution in [3.63, 3.8) is 0 Å². The van der Waals surface area contributed by atoms with Crippen LogP contribution in [0.4, 0.5) is 0 Å². The first-order chi connectivity index (χ1) is 22.0. The summed E-state index contributed by atoms with van der Waals surface area (Å²) < 4.78 is 0. The summed E-state index contributed by atoms with van der Waals surface area (Å²) in [6.45, 7) is 4.65. The molecule has 1 aliphatic rings.